The quantitative estimate of drug-likeness (QED) is 0.176. The molecule has 2 saturated carbocycles. The van der Waals surface area contributed by atoms with Crippen LogP contribution in [0.25, 0.3) is 0 Å². The van der Waals surface area contributed by atoms with Gasteiger partial charge in [0.1, 0.15) is 23.8 Å². The molecule has 5 amide bonds. The number of likely N-dealkylation sites (tertiary alicyclic amines) is 1. The van der Waals surface area contributed by atoms with E-state index in [0.29, 0.717) is 12.8 Å². The Morgan fingerprint density at radius 1 is 1.02 bits per heavy atom. The van der Waals surface area contributed by atoms with Crippen LogP contribution in [-0.4, -0.2) is 115 Å². The minimum atomic E-state index is -1.44. The maximum absolute atomic E-state index is 14.4. The first kappa shape index (κ1) is 37.7. The van der Waals surface area contributed by atoms with E-state index in [1.807, 2.05) is 27.7 Å². The second-order valence-electron chi connectivity index (χ2n) is 14.4. The topological polar surface area (TPSA) is 192 Å². The molecule has 1 aromatic rings. The van der Waals surface area contributed by atoms with Gasteiger partial charge in [0.25, 0.3) is 11.8 Å². The van der Waals surface area contributed by atoms with Crippen LogP contribution < -0.4 is 21.3 Å². The molecule has 2 radical (unpaired) electrons. The van der Waals surface area contributed by atoms with Gasteiger partial charge in [0.05, 0.1) is 12.2 Å². The van der Waals surface area contributed by atoms with Gasteiger partial charge in [-0.15, -0.1) is 0 Å². The zero-order valence-electron chi connectivity index (χ0n) is 28.4. The first-order valence-corrected chi connectivity index (χ1v) is 17.6. The van der Waals surface area contributed by atoms with Gasteiger partial charge in [-0.1, -0.05) is 53.4 Å². The highest BCUT2D eigenvalue weighted by Gasteiger charge is 2.46. The largest absolute Gasteiger partial charge is 0.512 e. The second-order valence-corrected chi connectivity index (χ2v) is 14.7. The Balaban J connectivity index is 1.53. The van der Waals surface area contributed by atoms with Crippen LogP contribution in [0.15, 0.2) is 18.6 Å². The highest BCUT2D eigenvalue weighted by atomic mass is 27.1. The van der Waals surface area contributed by atoms with Crippen LogP contribution in [0.3, 0.4) is 0 Å². The molecule has 4 rings (SSSR count). The van der Waals surface area contributed by atoms with Gasteiger partial charge in [-0.25, -0.2) is 4.98 Å². The Morgan fingerprint density at radius 2 is 1.73 bits per heavy atom. The maximum Gasteiger partial charge on any atom is 0.369 e. The van der Waals surface area contributed by atoms with Crippen molar-refractivity contribution in [3.63, 3.8) is 0 Å². The van der Waals surface area contributed by atoms with E-state index in [2.05, 4.69) is 47.9 Å². The van der Waals surface area contributed by atoms with Crippen molar-refractivity contribution >= 4 is 46.2 Å². The van der Waals surface area contributed by atoms with Crippen molar-refractivity contribution < 1.29 is 32.9 Å². The molecular weight excluding hydrogens is 633 g/mol. The van der Waals surface area contributed by atoms with E-state index in [1.54, 1.807) is 0 Å². The zero-order chi connectivity index (χ0) is 35.0. The van der Waals surface area contributed by atoms with Gasteiger partial charge in [0.15, 0.2) is 6.10 Å². The van der Waals surface area contributed by atoms with E-state index in [4.69, 9.17) is 3.79 Å². The molecule has 1 unspecified atom stereocenters. The van der Waals surface area contributed by atoms with Crippen molar-refractivity contribution in [3.05, 3.63) is 24.3 Å². The number of aliphatic hydroxyl groups is 1. The number of aromatic nitrogens is 2. The molecule has 6 atom stereocenters. The fourth-order valence-corrected chi connectivity index (χ4v) is 6.72. The molecule has 14 nitrogen and oxygen atoms in total. The SMILES string of the molecule is CCC[C@H](NC(=O)[C@@H]1C[C@@H]([O][Al])CN1C(=O)[C@@H](NC(=O)[C@@H](NC(=O)c1cnccn1)C1CCCCC1)C(C)(C)C)C(O)C(=O)NC1CC1. The second kappa shape index (κ2) is 17.0. The Bertz CT molecular complexity index is 1290. The van der Waals surface area contributed by atoms with Crippen LogP contribution in [0, 0.1) is 11.3 Å². The summed E-state index contributed by atoms with van der Waals surface area (Å²) in [6, 6.07) is -3.72. The predicted molar refractivity (Wildman–Crippen MR) is 176 cm³/mol. The lowest BCUT2D eigenvalue weighted by atomic mass is 9.82. The summed E-state index contributed by atoms with van der Waals surface area (Å²) in [7, 11) is 0. The number of nitrogens with zero attached hydrogens (tertiary/aromatic N) is 3. The standard InChI is InChI=1S/C33H50N7O7.Al/c1-5-9-22(26(42)31(46)36-20-12-13-20)37-29(44)24-16-21(41)18-40(24)32(47)27(33(2,3)4)39-30(45)25(19-10-7-6-8-11-19)38-28(43)23-17-34-14-15-35-23;/h14-15,17,19-22,24-27,42H,5-13,16,18H2,1-4H3,(H,36,46)(H,37,44)(H,38,43)(H,39,45);/q-1;+1/t21-,22+,24+,25+,26?,27-;/m1./s1. The number of amides is 5. The fraction of sp³-hybridized carbons (Fsp3) is 0.727. The van der Waals surface area contributed by atoms with Crippen LogP contribution in [0.5, 0.6) is 0 Å². The van der Waals surface area contributed by atoms with Crippen LogP contribution >= 0.6 is 0 Å². The summed E-state index contributed by atoms with van der Waals surface area (Å²) in [5, 5.41) is 22.2. The Labute approximate surface area is 291 Å². The molecule has 0 bridgehead atoms. The molecule has 262 valence electrons. The van der Waals surface area contributed by atoms with Crippen LogP contribution in [0.2, 0.25) is 0 Å². The van der Waals surface area contributed by atoms with Crippen molar-refractivity contribution in [1.29, 1.82) is 0 Å². The fourth-order valence-electron chi connectivity index (χ4n) is 6.53. The lowest BCUT2D eigenvalue weighted by molar-refractivity contribution is -0.145. The number of rotatable bonds is 14. The molecule has 1 aromatic heterocycles. The molecule has 0 spiro atoms. The van der Waals surface area contributed by atoms with Crippen molar-refractivity contribution in [1.82, 2.24) is 36.1 Å². The van der Waals surface area contributed by atoms with Crippen LogP contribution in [0.4, 0.5) is 0 Å². The van der Waals surface area contributed by atoms with Gasteiger partial charge in [0, 0.05) is 37.5 Å². The smallest absolute Gasteiger partial charge is 0.369 e. The van der Waals surface area contributed by atoms with Crippen molar-refractivity contribution in [2.24, 2.45) is 11.3 Å². The molecule has 3 aliphatic rings. The molecule has 2 aliphatic carbocycles. The van der Waals surface area contributed by atoms with Crippen molar-refractivity contribution in [2.75, 3.05) is 6.54 Å². The van der Waals surface area contributed by atoms with Gasteiger partial charge < -0.3 is 35.1 Å². The van der Waals surface area contributed by atoms with E-state index in [-0.39, 0.29) is 30.6 Å². The van der Waals surface area contributed by atoms with Gasteiger partial charge >= 0.3 is 16.6 Å². The van der Waals surface area contributed by atoms with Gasteiger partial charge in [-0.05, 0) is 43.4 Å². The molecule has 2 heterocycles. The summed E-state index contributed by atoms with van der Waals surface area (Å²) >= 11 is 2.18. The molecule has 1 aliphatic heterocycles. The van der Waals surface area contributed by atoms with Gasteiger partial charge in [-0.2, -0.15) is 0 Å². The van der Waals surface area contributed by atoms with Crippen molar-refractivity contribution in [2.45, 2.75) is 134 Å². The average molecular weight is 684 g/mol. The molecule has 48 heavy (non-hydrogen) atoms. The first-order valence-electron chi connectivity index (χ1n) is 17.2. The number of nitrogens with one attached hydrogen (secondary N) is 4. The number of hydrogen-bond donors (Lipinski definition) is 5. The van der Waals surface area contributed by atoms with Crippen LogP contribution in [-0.2, 0) is 23.0 Å². The van der Waals surface area contributed by atoms with E-state index < -0.39 is 71.3 Å². The third-order valence-corrected chi connectivity index (χ3v) is 9.81. The summed E-state index contributed by atoms with van der Waals surface area (Å²) in [4.78, 5) is 77.4. The van der Waals surface area contributed by atoms with E-state index in [1.165, 1.54) is 23.5 Å². The number of hydrogen-bond acceptors (Lipinski definition) is 9. The summed E-state index contributed by atoms with van der Waals surface area (Å²) in [5.74, 6) is -2.66. The third kappa shape index (κ3) is 9.97. The average Bonchev–Trinajstić information content (AvgIpc) is 3.78. The van der Waals surface area contributed by atoms with Crippen LogP contribution in [0.1, 0.15) is 102 Å². The molecule has 3 fully saturated rings. The number of aliphatic hydroxyl groups excluding tert-OH is 1. The first-order chi connectivity index (χ1) is 22.8. The molecule has 15 heteroatoms. The normalized spacial score (nSPS) is 22.6. The maximum atomic E-state index is 14.4. The van der Waals surface area contributed by atoms with E-state index in [0.717, 1.165) is 44.9 Å². The summed E-state index contributed by atoms with van der Waals surface area (Å²) < 4.78 is 5.49. The molecule has 5 N–H and O–H groups in total. The number of carbonyl (C=O) groups is 5. The molecular formula is C33H50AlN7O7. The minimum Gasteiger partial charge on any atom is -0.512 e. The molecule has 1 saturated heterocycles. The Kier molecular flexibility index (Phi) is 13.4. The summed E-state index contributed by atoms with van der Waals surface area (Å²) in [6.45, 7) is 7.46. The zero-order valence-corrected chi connectivity index (χ0v) is 29.6. The lowest BCUT2D eigenvalue weighted by Gasteiger charge is -2.37. The van der Waals surface area contributed by atoms with E-state index in [9.17, 15) is 29.1 Å². The van der Waals surface area contributed by atoms with E-state index >= 15 is 0 Å². The number of carbonyl (C=O) groups excluding carboxylic acids is 5. The highest BCUT2D eigenvalue weighted by Crippen LogP contribution is 2.30. The van der Waals surface area contributed by atoms with Crippen molar-refractivity contribution in [3.8, 4) is 0 Å². The summed E-state index contributed by atoms with van der Waals surface area (Å²) in [5.41, 5.74) is -0.692. The highest BCUT2D eigenvalue weighted by molar-refractivity contribution is 5.99. The molecule has 0 aromatic carbocycles. The minimum absolute atomic E-state index is 0.0515. The third-order valence-electron chi connectivity index (χ3n) is 9.43. The van der Waals surface area contributed by atoms with Gasteiger partial charge in [-0.3, -0.25) is 29.0 Å². The Hall–Kier alpha value is -3.12. The Morgan fingerprint density at radius 3 is 2.31 bits per heavy atom. The lowest BCUT2D eigenvalue weighted by Crippen LogP contribution is -2.62. The monoisotopic (exact) mass is 683 g/mol. The van der Waals surface area contributed by atoms with Gasteiger partial charge in [0.2, 0.25) is 17.7 Å². The summed E-state index contributed by atoms with van der Waals surface area (Å²) in [6.07, 6.45) is 9.55. The predicted octanol–water partition coefficient (Wildman–Crippen LogP) is 0.680.